The molecule has 4 N–H and O–H groups in total. The molecule has 2 saturated carbocycles. The van der Waals surface area contributed by atoms with Crippen LogP contribution in [0.3, 0.4) is 0 Å². The molecule has 234 valence electrons. The van der Waals surface area contributed by atoms with E-state index in [1.54, 1.807) is 11.8 Å². The number of hydrogen-bond acceptors (Lipinski definition) is 5. The van der Waals surface area contributed by atoms with Gasteiger partial charge in [-0.15, -0.1) is 0 Å². The van der Waals surface area contributed by atoms with Gasteiger partial charge >= 0.3 is 6.03 Å². The smallest absolute Gasteiger partial charge is 0.318 e. The van der Waals surface area contributed by atoms with Crippen molar-refractivity contribution in [1.29, 1.82) is 0 Å². The third-order valence-corrected chi connectivity index (χ3v) is 8.98. The Labute approximate surface area is 246 Å². The van der Waals surface area contributed by atoms with Crippen molar-refractivity contribution in [3.63, 3.8) is 0 Å². The lowest BCUT2D eigenvalue weighted by Gasteiger charge is -2.31. The molecule has 1 aliphatic heterocycles. The number of carbonyl (C=O) groups excluding carboxylic acids is 4. The van der Waals surface area contributed by atoms with E-state index in [1.165, 1.54) is 32.1 Å². The molecule has 0 aromatic heterocycles. The topological polar surface area (TPSA) is 129 Å². The lowest BCUT2D eigenvalue weighted by atomic mass is 9.83. The minimum absolute atomic E-state index is 0.0115. The molecule has 0 aromatic carbocycles. The molecule has 1 heterocycles. The molecule has 3 rings (SSSR count). The number of nitrogens with one attached hydrogen (secondary N) is 4. The quantitative estimate of drug-likeness (QED) is 0.221. The third-order valence-electron chi connectivity index (χ3n) is 8.98. The number of urea groups is 1. The summed E-state index contributed by atoms with van der Waals surface area (Å²) in [6.45, 7) is 6.34. The number of nitrogens with zero attached hydrogens (tertiary/aromatic N) is 1. The van der Waals surface area contributed by atoms with Gasteiger partial charge in [0.1, 0.15) is 12.1 Å². The first-order valence-electron chi connectivity index (χ1n) is 16.4. The minimum Gasteiger partial charge on any atom is -0.378 e. The van der Waals surface area contributed by atoms with E-state index >= 15 is 0 Å². The second kappa shape index (κ2) is 18.2. The molecule has 3 atom stereocenters. The van der Waals surface area contributed by atoms with Crippen LogP contribution in [0.4, 0.5) is 4.79 Å². The number of carbonyl (C=O) groups is 4. The van der Waals surface area contributed by atoms with Crippen LogP contribution in [0.5, 0.6) is 0 Å². The monoisotopic (exact) mass is 577 g/mol. The van der Waals surface area contributed by atoms with E-state index in [4.69, 9.17) is 4.74 Å². The summed E-state index contributed by atoms with van der Waals surface area (Å²) in [4.78, 5) is 53.3. The molecule has 10 heteroatoms. The average molecular weight is 578 g/mol. The number of amides is 5. The fourth-order valence-electron chi connectivity index (χ4n) is 6.44. The third kappa shape index (κ3) is 11.8. The molecule has 0 spiro atoms. The summed E-state index contributed by atoms with van der Waals surface area (Å²) in [7, 11) is 0. The molecule has 1 unspecified atom stereocenters. The van der Waals surface area contributed by atoms with Crippen molar-refractivity contribution in [3.8, 4) is 0 Å². The average Bonchev–Trinajstić information content (AvgIpc) is 3.52. The zero-order chi connectivity index (χ0) is 29.5. The molecule has 0 radical (unpaired) electrons. The molecular formula is C31H55N5O5. The van der Waals surface area contributed by atoms with Gasteiger partial charge in [0.2, 0.25) is 17.7 Å². The lowest BCUT2D eigenvalue weighted by molar-refractivity contribution is -0.131. The van der Waals surface area contributed by atoms with Crippen molar-refractivity contribution >= 4 is 23.8 Å². The Bertz CT molecular complexity index is 822. The first kappa shape index (κ1) is 33.1. The highest BCUT2D eigenvalue weighted by molar-refractivity contribution is 5.92. The Balaban J connectivity index is 1.58. The summed E-state index contributed by atoms with van der Waals surface area (Å²) in [6, 6.07) is -1.64. The summed E-state index contributed by atoms with van der Waals surface area (Å²) < 4.78 is 5.31. The molecule has 1 saturated heterocycles. The Morgan fingerprint density at radius 2 is 1.54 bits per heavy atom. The summed E-state index contributed by atoms with van der Waals surface area (Å²) in [5, 5.41) is 12.1. The van der Waals surface area contributed by atoms with Gasteiger partial charge in [-0.05, 0) is 57.3 Å². The number of rotatable bonds is 15. The molecule has 2 aliphatic carbocycles. The van der Waals surface area contributed by atoms with E-state index in [0.717, 1.165) is 57.8 Å². The number of morpholine rings is 1. The van der Waals surface area contributed by atoms with Crippen LogP contribution >= 0.6 is 0 Å². The Hall–Kier alpha value is -2.36. The summed E-state index contributed by atoms with van der Waals surface area (Å²) in [5.41, 5.74) is 0. The normalized spacial score (nSPS) is 20.6. The molecule has 5 amide bonds. The van der Waals surface area contributed by atoms with E-state index in [-0.39, 0.29) is 35.7 Å². The van der Waals surface area contributed by atoms with Gasteiger partial charge in [0.05, 0.1) is 13.2 Å². The van der Waals surface area contributed by atoms with E-state index in [0.29, 0.717) is 45.2 Å². The Morgan fingerprint density at radius 1 is 0.854 bits per heavy atom. The summed E-state index contributed by atoms with van der Waals surface area (Å²) in [5.74, 6) is 0.331. The Kier molecular flexibility index (Phi) is 14.7. The molecule has 0 bridgehead atoms. The van der Waals surface area contributed by atoms with Crippen LogP contribution in [-0.4, -0.2) is 79.6 Å². The zero-order valence-electron chi connectivity index (χ0n) is 25.5. The largest absolute Gasteiger partial charge is 0.378 e. The van der Waals surface area contributed by atoms with Gasteiger partial charge in [0.25, 0.3) is 0 Å². The standard InChI is InChI=1S/C31H55N5O5/c1-3-4-16-27(37)32-17-10-15-26(22-24-11-6-5-7-12-24)34-30(39)28(25-13-8-9-14-25)35-29(38)23(2)33-31(40)36-18-20-41-21-19-36/h23-26,28H,3-22H2,1-2H3,(H,32,37)(H,33,40)(H,34,39)(H,35,38)/t23-,26-,28?/m1/s1. The predicted molar refractivity (Wildman–Crippen MR) is 159 cm³/mol. The maximum Gasteiger partial charge on any atom is 0.318 e. The van der Waals surface area contributed by atoms with Gasteiger partial charge in [-0.3, -0.25) is 14.4 Å². The summed E-state index contributed by atoms with van der Waals surface area (Å²) in [6.07, 6.45) is 15.1. The molecule has 10 nitrogen and oxygen atoms in total. The van der Waals surface area contributed by atoms with Crippen molar-refractivity contribution < 1.29 is 23.9 Å². The highest BCUT2D eigenvalue weighted by Crippen LogP contribution is 2.30. The first-order valence-corrected chi connectivity index (χ1v) is 16.4. The van der Waals surface area contributed by atoms with Gasteiger partial charge < -0.3 is 30.9 Å². The number of ether oxygens (including phenoxy) is 1. The maximum atomic E-state index is 13.8. The van der Waals surface area contributed by atoms with Crippen LogP contribution in [0.1, 0.15) is 110 Å². The number of unbranched alkanes of at least 4 members (excludes halogenated alkanes) is 1. The zero-order valence-corrected chi connectivity index (χ0v) is 25.5. The second-order valence-electron chi connectivity index (χ2n) is 12.3. The highest BCUT2D eigenvalue weighted by Gasteiger charge is 2.35. The van der Waals surface area contributed by atoms with Crippen molar-refractivity contribution in [3.05, 3.63) is 0 Å². The number of hydrogen-bond donors (Lipinski definition) is 4. The lowest BCUT2D eigenvalue weighted by Crippen LogP contribution is -2.58. The van der Waals surface area contributed by atoms with Gasteiger partial charge in [-0.2, -0.15) is 0 Å². The predicted octanol–water partition coefficient (Wildman–Crippen LogP) is 3.63. The molecule has 3 aliphatic rings. The molecular weight excluding hydrogens is 522 g/mol. The van der Waals surface area contributed by atoms with Gasteiger partial charge in [0.15, 0.2) is 0 Å². The fourth-order valence-corrected chi connectivity index (χ4v) is 6.44. The first-order chi connectivity index (χ1) is 19.9. The Morgan fingerprint density at radius 3 is 2.22 bits per heavy atom. The molecule has 0 aromatic rings. The van der Waals surface area contributed by atoms with Crippen LogP contribution in [0.15, 0.2) is 0 Å². The SMILES string of the molecule is CCCCC(=O)NCCC[C@H](CC1CCCCC1)NC(=O)C(NC(=O)[C@@H](C)NC(=O)N1CCOCC1)C1CCCC1. The minimum atomic E-state index is -0.753. The van der Waals surface area contributed by atoms with Crippen LogP contribution in [0.25, 0.3) is 0 Å². The van der Waals surface area contributed by atoms with Crippen LogP contribution in [-0.2, 0) is 19.1 Å². The second-order valence-corrected chi connectivity index (χ2v) is 12.3. The van der Waals surface area contributed by atoms with E-state index in [2.05, 4.69) is 28.2 Å². The van der Waals surface area contributed by atoms with E-state index < -0.39 is 12.1 Å². The highest BCUT2D eigenvalue weighted by atomic mass is 16.5. The molecule has 41 heavy (non-hydrogen) atoms. The van der Waals surface area contributed by atoms with Gasteiger partial charge in [-0.25, -0.2) is 4.79 Å². The fraction of sp³-hybridized carbons (Fsp3) is 0.871. The van der Waals surface area contributed by atoms with Crippen LogP contribution in [0.2, 0.25) is 0 Å². The van der Waals surface area contributed by atoms with E-state index in [9.17, 15) is 19.2 Å². The van der Waals surface area contributed by atoms with Crippen LogP contribution < -0.4 is 21.3 Å². The molecule has 3 fully saturated rings. The van der Waals surface area contributed by atoms with Gasteiger partial charge in [-0.1, -0.05) is 58.3 Å². The van der Waals surface area contributed by atoms with Crippen LogP contribution in [0, 0.1) is 11.8 Å². The van der Waals surface area contributed by atoms with E-state index in [1.807, 2.05) is 0 Å². The maximum absolute atomic E-state index is 13.8. The summed E-state index contributed by atoms with van der Waals surface area (Å²) >= 11 is 0. The van der Waals surface area contributed by atoms with Crippen molar-refractivity contribution in [2.45, 2.75) is 128 Å². The van der Waals surface area contributed by atoms with Crippen molar-refractivity contribution in [2.75, 3.05) is 32.8 Å². The van der Waals surface area contributed by atoms with Crippen molar-refractivity contribution in [1.82, 2.24) is 26.2 Å². The van der Waals surface area contributed by atoms with Gasteiger partial charge in [0, 0.05) is 32.1 Å². The van der Waals surface area contributed by atoms with Crippen molar-refractivity contribution in [2.24, 2.45) is 11.8 Å².